The van der Waals surface area contributed by atoms with E-state index in [1.54, 1.807) is 13.8 Å². The van der Waals surface area contributed by atoms with Crippen LogP contribution in [0.15, 0.2) is 90.6 Å². The number of rotatable bonds is 16. The molecule has 1 aliphatic rings. The third-order valence-corrected chi connectivity index (χ3v) is 8.68. The summed E-state index contributed by atoms with van der Waals surface area (Å²) < 4.78 is 13.1. The van der Waals surface area contributed by atoms with Crippen LogP contribution in [0.3, 0.4) is 0 Å². The highest BCUT2D eigenvalue weighted by Crippen LogP contribution is 2.38. The smallest absolute Gasteiger partial charge is 0.333 e. The molecule has 0 heterocycles. The van der Waals surface area contributed by atoms with Crippen molar-refractivity contribution in [2.24, 2.45) is 0 Å². The highest BCUT2D eigenvalue weighted by atomic mass is 35.5. The number of carbonyl (C=O) groups is 2. The van der Waals surface area contributed by atoms with Crippen LogP contribution < -0.4 is 9.80 Å². The highest BCUT2D eigenvalue weighted by Gasteiger charge is 2.20. The van der Waals surface area contributed by atoms with E-state index in [2.05, 4.69) is 112 Å². The van der Waals surface area contributed by atoms with Gasteiger partial charge in [-0.15, -0.1) is 0 Å². The van der Waals surface area contributed by atoms with Gasteiger partial charge in [-0.25, -0.2) is 14.2 Å². The Bertz CT molecular complexity index is 1590. The summed E-state index contributed by atoms with van der Waals surface area (Å²) in [5.74, 6) is -0.879. The number of esters is 2. The molecular formula is C40H51ClN3O4+. The van der Waals surface area contributed by atoms with Gasteiger partial charge in [0, 0.05) is 53.3 Å². The molecule has 1 aliphatic carbocycles. The average Bonchev–Trinajstić information content (AvgIpc) is 3.07. The molecule has 0 N–H and O–H groups in total. The zero-order valence-electron chi connectivity index (χ0n) is 29.7. The maximum absolute atomic E-state index is 12.1. The summed E-state index contributed by atoms with van der Waals surface area (Å²) in [5, 5.41) is 0.686. The second-order valence-corrected chi connectivity index (χ2v) is 12.2. The summed E-state index contributed by atoms with van der Waals surface area (Å²) in [6.45, 7) is 26.0. The van der Waals surface area contributed by atoms with E-state index in [-0.39, 0.29) is 13.2 Å². The van der Waals surface area contributed by atoms with Gasteiger partial charge in [-0.1, -0.05) is 36.9 Å². The number of allylic oxidation sites excluding steroid dienone is 5. The van der Waals surface area contributed by atoms with Gasteiger partial charge in [-0.3, -0.25) is 0 Å². The second-order valence-electron chi connectivity index (χ2n) is 11.7. The fraction of sp³-hybridized carbons (Fsp3) is 0.375. The molecule has 0 saturated carbocycles. The minimum Gasteiger partial charge on any atom is -0.460 e. The third-order valence-electron chi connectivity index (χ3n) is 8.37. The van der Waals surface area contributed by atoms with Crippen molar-refractivity contribution >= 4 is 46.2 Å². The number of ether oxygens (including phenoxy) is 2. The largest absolute Gasteiger partial charge is 0.460 e. The molecule has 0 aromatic heterocycles. The van der Waals surface area contributed by atoms with Crippen molar-refractivity contribution in [2.45, 2.75) is 48.5 Å². The minimum atomic E-state index is -0.440. The zero-order chi connectivity index (χ0) is 35.4. The first-order valence-electron chi connectivity index (χ1n) is 16.7. The van der Waals surface area contributed by atoms with E-state index in [0.29, 0.717) is 29.3 Å². The Morgan fingerprint density at radius 2 is 1.25 bits per heavy atom. The van der Waals surface area contributed by atoms with Crippen LogP contribution >= 0.6 is 11.6 Å². The number of nitrogens with zero attached hydrogens (tertiary/aromatic N) is 3. The van der Waals surface area contributed by atoms with Gasteiger partial charge in [0.2, 0.25) is 0 Å². The molecule has 7 nitrogen and oxygen atoms in total. The number of hydrogen-bond donors (Lipinski definition) is 0. The topological polar surface area (TPSA) is 62.1 Å². The quantitative estimate of drug-likeness (QED) is 0.102. The molecule has 0 unspecified atom stereocenters. The van der Waals surface area contributed by atoms with Crippen LogP contribution in [0, 0.1) is 6.92 Å². The third kappa shape index (κ3) is 9.83. The Kier molecular flexibility index (Phi) is 14.5. The normalized spacial score (nSPS) is 12.1. The van der Waals surface area contributed by atoms with Crippen LogP contribution in [0.5, 0.6) is 0 Å². The van der Waals surface area contributed by atoms with Gasteiger partial charge in [0.25, 0.3) is 0 Å². The van der Waals surface area contributed by atoms with Crippen molar-refractivity contribution in [3.8, 4) is 0 Å². The van der Waals surface area contributed by atoms with Crippen molar-refractivity contribution in [1.29, 1.82) is 0 Å². The molecule has 0 saturated heterocycles. The van der Waals surface area contributed by atoms with Gasteiger partial charge in [-0.2, -0.15) is 0 Å². The lowest BCUT2D eigenvalue weighted by atomic mass is 9.88. The van der Waals surface area contributed by atoms with Crippen molar-refractivity contribution in [1.82, 2.24) is 0 Å². The summed E-state index contributed by atoms with van der Waals surface area (Å²) >= 11 is 7.09. The van der Waals surface area contributed by atoms with Crippen LogP contribution in [-0.2, 0) is 19.1 Å². The SMILES string of the molecule is C=C(C)C(=O)OCCN(CCOC(=O)C(=C)C)c1ccc(C(=C2C=CC(=[N+](CC)CC)C=C2)c2ccc(N(CC)CC)cc2Cl)c(C)c1. The molecular weight excluding hydrogens is 622 g/mol. The zero-order valence-corrected chi connectivity index (χ0v) is 30.5. The van der Waals surface area contributed by atoms with Crippen molar-refractivity contribution in [2.75, 3.05) is 62.3 Å². The molecule has 48 heavy (non-hydrogen) atoms. The molecule has 0 fully saturated rings. The van der Waals surface area contributed by atoms with E-state index >= 15 is 0 Å². The summed E-state index contributed by atoms with van der Waals surface area (Å²) in [6, 6.07) is 12.6. The molecule has 8 heteroatoms. The molecule has 0 radical (unpaired) electrons. The first kappa shape index (κ1) is 38.1. The minimum absolute atomic E-state index is 0.158. The predicted octanol–water partition coefficient (Wildman–Crippen LogP) is 7.96. The van der Waals surface area contributed by atoms with E-state index in [1.807, 2.05) is 11.0 Å². The summed E-state index contributed by atoms with van der Waals surface area (Å²) in [5.41, 5.74) is 9.01. The van der Waals surface area contributed by atoms with Crippen molar-refractivity contribution in [3.63, 3.8) is 0 Å². The van der Waals surface area contributed by atoms with Gasteiger partial charge < -0.3 is 19.3 Å². The van der Waals surface area contributed by atoms with E-state index < -0.39 is 11.9 Å². The molecule has 0 aliphatic heterocycles. The van der Waals surface area contributed by atoms with Crippen LogP contribution in [0.25, 0.3) is 5.57 Å². The van der Waals surface area contributed by atoms with Crippen LogP contribution in [0.2, 0.25) is 5.02 Å². The Labute approximate surface area is 292 Å². The number of carbonyl (C=O) groups excluding carboxylic acids is 2. The van der Waals surface area contributed by atoms with Gasteiger partial charge in [0.05, 0.1) is 18.1 Å². The van der Waals surface area contributed by atoms with E-state index in [0.717, 1.165) is 65.4 Å². The maximum atomic E-state index is 12.1. The fourth-order valence-electron chi connectivity index (χ4n) is 5.61. The second kappa shape index (κ2) is 18.3. The fourth-order valence-corrected chi connectivity index (χ4v) is 5.88. The molecule has 0 spiro atoms. The van der Waals surface area contributed by atoms with Crippen molar-refractivity contribution < 1.29 is 23.6 Å². The Morgan fingerprint density at radius 1 is 0.750 bits per heavy atom. The van der Waals surface area contributed by atoms with Gasteiger partial charge in [0.1, 0.15) is 26.3 Å². The van der Waals surface area contributed by atoms with Gasteiger partial charge >= 0.3 is 11.9 Å². The average molecular weight is 673 g/mol. The summed E-state index contributed by atoms with van der Waals surface area (Å²) in [4.78, 5) is 28.4. The van der Waals surface area contributed by atoms with Crippen LogP contribution in [-0.4, -0.2) is 74.7 Å². The summed E-state index contributed by atoms with van der Waals surface area (Å²) in [6.07, 6.45) is 8.68. The van der Waals surface area contributed by atoms with E-state index in [4.69, 9.17) is 21.1 Å². The molecule has 0 bridgehead atoms. The highest BCUT2D eigenvalue weighted by molar-refractivity contribution is 6.33. The maximum Gasteiger partial charge on any atom is 0.333 e. The van der Waals surface area contributed by atoms with Crippen LogP contribution in [0.4, 0.5) is 11.4 Å². The first-order valence-corrected chi connectivity index (χ1v) is 17.1. The first-order chi connectivity index (χ1) is 22.9. The number of hydrogen-bond acceptors (Lipinski definition) is 6. The molecule has 2 aromatic rings. The van der Waals surface area contributed by atoms with E-state index in [1.165, 1.54) is 5.71 Å². The van der Waals surface area contributed by atoms with Gasteiger partial charge in [-0.05, 0) is 107 Å². The Morgan fingerprint density at radius 3 is 1.69 bits per heavy atom. The van der Waals surface area contributed by atoms with Crippen LogP contribution in [0.1, 0.15) is 58.2 Å². The van der Waals surface area contributed by atoms with E-state index in [9.17, 15) is 9.59 Å². The predicted molar refractivity (Wildman–Crippen MR) is 201 cm³/mol. The Hall–Kier alpha value is -4.36. The standard InChI is InChI=1S/C40H51ClN3O4/c1-10-42(11-2)32-16-14-31(15-17-32)38(36-21-19-34(27-37(36)41)43(12-3)13-4)35-20-18-33(26-30(35)9)44(22-24-47-39(45)28(5)6)23-25-48-40(46)29(7)8/h14-21,26-27H,5,7,10-13,22-25H2,1-4,6,8-9H3/q+1. The monoisotopic (exact) mass is 672 g/mol. The molecule has 3 rings (SSSR count). The number of benzene rings is 2. The molecule has 0 amide bonds. The molecule has 2 aromatic carbocycles. The summed E-state index contributed by atoms with van der Waals surface area (Å²) in [7, 11) is 0. The molecule has 256 valence electrons. The lowest BCUT2D eigenvalue weighted by molar-refractivity contribution is -0.519. The number of halogens is 1. The number of anilines is 2. The van der Waals surface area contributed by atoms with Crippen molar-refractivity contribution in [3.05, 3.63) is 112 Å². The number of aryl methyl sites for hydroxylation is 1. The van der Waals surface area contributed by atoms with Gasteiger partial charge in [0.15, 0.2) is 5.71 Å². The molecule has 0 atom stereocenters. The lowest BCUT2D eigenvalue weighted by Gasteiger charge is -2.26. The lowest BCUT2D eigenvalue weighted by Crippen LogP contribution is -2.32. The Balaban J connectivity index is 2.09.